The van der Waals surface area contributed by atoms with Crippen LogP contribution >= 0.6 is 0 Å². The van der Waals surface area contributed by atoms with E-state index in [9.17, 15) is 0 Å². The van der Waals surface area contributed by atoms with E-state index in [2.05, 4.69) is 10.9 Å². The fourth-order valence-corrected chi connectivity index (χ4v) is 0. The van der Waals surface area contributed by atoms with Crippen molar-refractivity contribution in [2.24, 2.45) is 5.84 Å². The van der Waals surface area contributed by atoms with Crippen LogP contribution in [0, 0.1) is 0 Å². The molecule has 0 aliphatic rings. The van der Waals surface area contributed by atoms with Gasteiger partial charge in [0.15, 0.2) is 0 Å². The molecule has 0 aliphatic carbocycles. The summed E-state index contributed by atoms with van der Waals surface area (Å²) in [5.41, 5.74) is 5.36. The Hall–Kier alpha value is -0.160. The van der Waals surface area contributed by atoms with Crippen LogP contribution in [0.3, 0.4) is 0 Å². The molecule has 0 radical (unpaired) electrons. The molecule has 52 valence electrons. The van der Waals surface area contributed by atoms with Crippen molar-refractivity contribution in [1.29, 1.82) is 0 Å². The van der Waals surface area contributed by atoms with Gasteiger partial charge in [-0.25, -0.2) is 0 Å². The molecule has 0 rings (SSSR count). The smallest absolute Gasteiger partial charge is 0.00105 e. The zero-order valence-electron chi connectivity index (χ0n) is 6.02. The molecule has 0 aromatic carbocycles. The molecule has 0 heterocycles. The maximum atomic E-state index is 4.94. The molecule has 0 aromatic heterocycles. The monoisotopic (exact) mass is 120 g/mol. The molecule has 0 saturated carbocycles. The molecule has 0 atom stereocenters. The Kier molecular flexibility index (Phi) is 13.4. The fourth-order valence-electron chi connectivity index (χ4n) is 0. The quantitative estimate of drug-likeness (QED) is 0.299. The SMILES string of the molecule is CN(C)N.CNNC. The molecule has 0 amide bonds. The Morgan fingerprint density at radius 2 is 1.25 bits per heavy atom. The number of nitrogens with zero attached hydrogens (tertiary/aromatic N) is 1. The van der Waals surface area contributed by atoms with Gasteiger partial charge in [0, 0.05) is 14.1 Å². The largest absolute Gasteiger partial charge is 0.269 e. The van der Waals surface area contributed by atoms with Gasteiger partial charge in [0.2, 0.25) is 0 Å². The molecule has 0 spiro atoms. The van der Waals surface area contributed by atoms with Crippen LogP contribution in [-0.4, -0.2) is 33.2 Å². The maximum Gasteiger partial charge on any atom is 0.00105 e. The molecule has 8 heavy (non-hydrogen) atoms. The molecule has 4 heteroatoms. The molecule has 4 N–H and O–H groups in total. The Morgan fingerprint density at radius 3 is 1.25 bits per heavy atom. The van der Waals surface area contributed by atoms with E-state index in [1.807, 2.05) is 14.1 Å². The molecule has 0 saturated heterocycles. The summed E-state index contributed by atoms with van der Waals surface area (Å²) in [5.74, 6) is 4.94. The standard InChI is InChI=1S/2C2H8N2/c1-4(2)3;1-3-4-2/h3H2,1-2H3;3-4H,1-2H3. The van der Waals surface area contributed by atoms with Crippen molar-refractivity contribution in [3.63, 3.8) is 0 Å². The average Bonchev–Trinajstić information content (AvgIpc) is 1.65. The second-order valence-corrected chi connectivity index (χ2v) is 1.46. The summed E-state index contributed by atoms with van der Waals surface area (Å²) in [6.07, 6.45) is 0. The zero-order valence-corrected chi connectivity index (χ0v) is 6.02. The third-order valence-electron chi connectivity index (χ3n) is 0.250. The lowest BCUT2D eigenvalue weighted by atomic mass is 11.2. The van der Waals surface area contributed by atoms with E-state index in [1.54, 1.807) is 14.1 Å². The minimum absolute atomic E-state index is 1.50. The zero-order chi connectivity index (χ0) is 6.99. The van der Waals surface area contributed by atoms with E-state index >= 15 is 0 Å². The molecule has 0 aliphatic heterocycles. The van der Waals surface area contributed by atoms with E-state index in [1.165, 1.54) is 5.01 Å². The van der Waals surface area contributed by atoms with Crippen LogP contribution in [0.4, 0.5) is 0 Å². The number of hydrogen-bond acceptors (Lipinski definition) is 4. The first-order valence-corrected chi connectivity index (χ1v) is 2.40. The van der Waals surface area contributed by atoms with Crippen molar-refractivity contribution in [3.05, 3.63) is 0 Å². The summed E-state index contributed by atoms with van der Waals surface area (Å²) in [6.45, 7) is 0. The Bertz CT molecular complexity index is 24.5. The lowest BCUT2D eigenvalue weighted by Crippen LogP contribution is -2.21. The summed E-state index contributed by atoms with van der Waals surface area (Å²) in [6, 6.07) is 0. The third-order valence-corrected chi connectivity index (χ3v) is 0.250. The van der Waals surface area contributed by atoms with Crippen LogP contribution in [0.15, 0.2) is 0 Å². The number of rotatable bonds is 1. The lowest BCUT2D eigenvalue weighted by Gasteiger charge is -1.91. The highest BCUT2D eigenvalue weighted by atomic mass is 15.4. The third kappa shape index (κ3) is 194. The van der Waals surface area contributed by atoms with E-state index in [0.717, 1.165) is 0 Å². The number of hydrazine groups is 2. The van der Waals surface area contributed by atoms with Crippen molar-refractivity contribution in [2.45, 2.75) is 0 Å². The minimum atomic E-state index is 1.50. The van der Waals surface area contributed by atoms with Gasteiger partial charge in [-0.1, -0.05) is 0 Å². The second kappa shape index (κ2) is 9.96. The van der Waals surface area contributed by atoms with Crippen LogP contribution < -0.4 is 16.7 Å². The first kappa shape index (κ1) is 10.8. The highest BCUT2D eigenvalue weighted by Crippen LogP contribution is 1.37. The van der Waals surface area contributed by atoms with Gasteiger partial charge in [-0.2, -0.15) is 0 Å². The van der Waals surface area contributed by atoms with Gasteiger partial charge in [0.05, 0.1) is 0 Å². The Labute approximate surface area is 51.0 Å². The van der Waals surface area contributed by atoms with Gasteiger partial charge in [-0.15, -0.1) is 0 Å². The van der Waals surface area contributed by atoms with Gasteiger partial charge >= 0.3 is 0 Å². The van der Waals surface area contributed by atoms with Gasteiger partial charge < -0.3 is 0 Å². The molecule has 0 bridgehead atoms. The predicted molar refractivity (Wildman–Crippen MR) is 36.0 cm³/mol. The van der Waals surface area contributed by atoms with Crippen molar-refractivity contribution in [1.82, 2.24) is 15.9 Å². The van der Waals surface area contributed by atoms with Crippen LogP contribution in [0.2, 0.25) is 0 Å². The van der Waals surface area contributed by atoms with Gasteiger partial charge in [-0.05, 0) is 14.1 Å². The molecular weight excluding hydrogens is 104 g/mol. The van der Waals surface area contributed by atoms with Gasteiger partial charge in [0.1, 0.15) is 0 Å². The average molecular weight is 120 g/mol. The molecular formula is C4H16N4. The normalized spacial score (nSPS) is 8.25. The van der Waals surface area contributed by atoms with E-state index in [0.29, 0.717) is 0 Å². The van der Waals surface area contributed by atoms with E-state index in [-0.39, 0.29) is 0 Å². The molecule has 0 unspecified atom stereocenters. The maximum absolute atomic E-state index is 4.94. The van der Waals surface area contributed by atoms with E-state index < -0.39 is 0 Å². The summed E-state index contributed by atoms with van der Waals surface area (Å²) in [5, 5.41) is 1.50. The molecule has 0 fully saturated rings. The predicted octanol–water partition coefficient (Wildman–Crippen LogP) is -1.24. The second-order valence-electron chi connectivity index (χ2n) is 1.46. The van der Waals surface area contributed by atoms with Crippen molar-refractivity contribution >= 4 is 0 Å². The van der Waals surface area contributed by atoms with Crippen LogP contribution in [-0.2, 0) is 0 Å². The highest BCUT2D eigenvalue weighted by Gasteiger charge is 1.57. The molecule has 4 nitrogen and oxygen atoms in total. The van der Waals surface area contributed by atoms with Gasteiger partial charge in [-0.3, -0.25) is 21.7 Å². The molecule has 0 aromatic rings. The summed E-state index contributed by atoms with van der Waals surface area (Å²) in [7, 11) is 7.19. The number of nitrogens with two attached hydrogens (primary N) is 1. The number of nitrogens with one attached hydrogen (secondary N) is 2. The fraction of sp³-hybridized carbons (Fsp3) is 1.00. The summed E-state index contributed by atoms with van der Waals surface area (Å²) < 4.78 is 0. The van der Waals surface area contributed by atoms with Crippen LogP contribution in [0.5, 0.6) is 0 Å². The van der Waals surface area contributed by atoms with Crippen molar-refractivity contribution in [3.8, 4) is 0 Å². The Balaban J connectivity index is 0. The van der Waals surface area contributed by atoms with E-state index in [4.69, 9.17) is 5.84 Å². The first-order chi connectivity index (χ1) is 3.65. The van der Waals surface area contributed by atoms with Crippen molar-refractivity contribution < 1.29 is 0 Å². The van der Waals surface area contributed by atoms with Gasteiger partial charge in [0.25, 0.3) is 0 Å². The minimum Gasteiger partial charge on any atom is -0.269 e. The first-order valence-electron chi connectivity index (χ1n) is 2.40. The van der Waals surface area contributed by atoms with Crippen LogP contribution in [0.1, 0.15) is 0 Å². The lowest BCUT2D eigenvalue weighted by molar-refractivity contribution is 0.432. The summed E-state index contributed by atoms with van der Waals surface area (Å²) >= 11 is 0. The topological polar surface area (TPSA) is 53.3 Å². The number of hydrogen-bond donors (Lipinski definition) is 3. The highest BCUT2D eigenvalue weighted by molar-refractivity contribution is 4.01. The Morgan fingerprint density at radius 1 is 1.12 bits per heavy atom. The van der Waals surface area contributed by atoms with Crippen LogP contribution in [0.25, 0.3) is 0 Å². The van der Waals surface area contributed by atoms with Crippen molar-refractivity contribution in [2.75, 3.05) is 28.2 Å². The summed E-state index contributed by atoms with van der Waals surface area (Å²) in [4.78, 5) is 0.